The van der Waals surface area contributed by atoms with Crippen LogP contribution in [-0.4, -0.2) is 48.6 Å². The summed E-state index contributed by atoms with van der Waals surface area (Å²) in [6, 6.07) is 15.9. The van der Waals surface area contributed by atoms with Crippen LogP contribution in [-0.2, 0) is 31.5 Å². The van der Waals surface area contributed by atoms with Gasteiger partial charge in [-0.3, -0.25) is 0 Å². The van der Waals surface area contributed by atoms with E-state index in [1.165, 1.54) is 0 Å². The number of benzene rings is 2. The fraction of sp³-hybridized carbons (Fsp3) is 0.400. The van der Waals surface area contributed by atoms with Crippen molar-refractivity contribution in [1.29, 1.82) is 0 Å². The topological polar surface area (TPSA) is 62.0 Å². The van der Waals surface area contributed by atoms with Gasteiger partial charge in [0.1, 0.15) is 36.9 Å². The number of hydrogen-bond donors (Lipinski definition) is 0. The van der Waals surface area contributed by atoms with Crippen molar-refractivity contribution in [2.24, 2.45) is 0 Å². The summed E-state index contributed by atoms with van der Waals surface area (Å²) in [5, 5.41) is 0. The van der Waals surface area contributed by atoms with Crippen LogP contribution in [0.15, 0.2) is 48.5 Å². The molecule has 2 aliphatic rings. The first-order valence-corrected chi connectivity index (χ1v) is 10.3. The lowest BCUT2D eigenvalue weighted by molar-refractivity contribution is 0.207. The summed E-state index contributed by atoms with van der Waals surface area (Å²) >= 11 is 0. The largest absolute Gasteiger partial charge is 0.491 e. The Morgan fingerprint density at radius 2 is 1.11 bits per heavy atom. The molecule has 0 aromatic heterocycles. The number of hydrogen-bond acceptors (Lipinski definition) is 6. The van der Waals surface area contributed by atoms with Crippen LogP contribution in [0, 0.1) is 0 Å². The first-order chi connectivity index (χ1) is 13.3. The molecule has 0 N–H and O–H groups in total. The second kappa shape index (κ2) is 9.34. The molecule has 2 aliphatic heterocycles. The van der Waals surface area contributed by atoms with Gasteiger partial charge in [0.15, 0.2) is 0 Å². The molecule has 0 radical (unpaired) electrons. The maximum absolute atomic E-state index is 5.70. The number of ether oxygens (including phenoxy) is 4. The van der Waals surface area contributed by atoms with Crippen molar-refractivity contribution >= 4 is 10.0 Å². The molecule has 2 atom stereocenters. The zero-order valence-electron chi connectivity index (χ0n) is 15.2. The van der Waals surface area contributed by atoms with E-state index in [9.17, 15) is 0 Å². The van der Waals surface area contributed by atoms with Gasteiger partial charge in [-0.25, -0.2) is 0 Å². The molecule has 7 heteroatoms. The Morgan fingerprint density at radius 1 is 0.704 bits per heavy atom. The van der Waals surface area contributed by atoms with Crippen molar-refractivity contribution < 1.29 is 27.8 Å². The minimum absolute atomic E-state index is 0.275. The zero-order chi connectivity index (χ0) is 18.3. The Hall–Kier alpha value is -1.90. The molecule has 2 fully saturated rings. The van der Waals surface area contributed by atoms with E-state index in [1.807, 2.05) is 48.5 Å². The average Bonchev–Trinajstić information content (AvgIpc) is 3.61. The average molecular weight is 388 g/mol. The van der Waals surface area contributed by atoms with E-state index in [0.29, 0.717) is 26.4 Å². The van der Waals surface area contributed by atoms with Crippen LogP contribution in [0.25, 0.3) is 0 Å². The smallest absolute Gasteiger partial charge is 0.305 e. The lowest BCUT2D eigenvalue weighted by Gasteiger charge is -2.08. The third-order valence-corrected chi connectivity index (χ3v) is 4.97. The molecule has 2 heterocycles. The molecule has 0 spiro atoms. The third kappa shape index (κ3) is 6.64. The molecular weight excluding hydrogens is 364 g/mol. The summed E-state index contributed by atoms with van der Waals surface area (Å²) < 4.78 is 32.9. The predicted octanol–water partition coefficient (Wildman–Crippen LogP) is 1.97. The fourth-order valence-electron chi connectivity index (χ4n) is 2.45. The number of epoxide rings is 2. The Balaban J connectivity index is 1.08. The van der Waals surface area contributed by atoms with Crippen molar-refractivity contribution in [1.82, 2.24) is 0 Å². The molecule has 2 saturated heterocycles. The van der Waals surface area contributed by atoms with Gasteiger partial charge >= 0.3 is 10.0 Å². The lowest BCUT2D eigenvalue weighted by atomic mass is 10.2. The molecule has 0 bridgehead atoms. The molecule has 0 saturated carbocycles. The van der Waals surface area contributed by atoms with E-state index in [4.69, 9.17) is 27.8 Å². The highest BCUT2D eigenvalue weighted by atomic mass is 28.3. The van der Waals surface area contributed by atoms with E-state index < -0.39 is 10.0 Å². The van der Waals surface area contributed by atoms with E-state index >= 15 is 0 Å². The molecular formula is C20H24O6Si. The maximum Gasteiger partial charge on any atom is 0.305 e. The van der Waals surface area contributed by atoms with E-state index in [1.54, 1.807) is 0 Å². The Labute approximate surface area is 161 Å². The molecule has 27 heavy (non-hydrogen) atoms. The van der Waals surface area contributed by atoms with Crippen molar-refractivity contribution in [2.45, 2.75) is 25.4 Å². The Morgan fingerprint density at radius 3 is 1.48 bits per heavy atom. The SMILES string of the molecule is c1cc(OCC2CO2)ccc1CO[SiH2]OCc1ccc(OCC2CO2)cc1. The molecule has 2 unspecified atom stereocenters. The molecule has 6 nitrogen and oxygen atoms in total. The van der Waals surface area contributed by atoms with E-state index in [0.717, 1.165) is 35.8 Å². The van der Waals surface area contributed by atoms with Gasteiger partial charge in [-0.15, -0.1) is 0 Å². The van der Waals surface area contributed by atoms with Crippen molar-refractivity contribution in [3.05, 3.63) is 59.7 Å². The number of rotatable bonds is 12. The molecule has 2 aromatic carbocycles. The van der Waals surface area contributed by atoms with Crippen LogP contribution in [0.3, 0.4) is 0 Å². The van der Waals surface area contributed by atoms with Crippen LogP contribution < -0.4 is 9.47 Å². The van der Waals surface area contributed by atoms with Gasteiger partial charge in [0.25, 0.3) is 0 Å². The molecule has 4 rings (SSSR count). The van der Waals surface area contributed by atoms with Crippen LogP contribution in [0.4, 0.5) is 0 Å². The summed E-state index contributed by atoms with van der Waals surface area (Å²) in [5.74, 6) is 1.72. The zero-order valence-corrected chi connectivity index (χ0v) is 16.6. The van der Waals surface area contributed by atoms with Gasteiger partial charge in [0.05, 0.1) is 26.4 Å². The quantitative estimate of drug-likeness (QED) is 0.315. The lowest BCUT2D eigenvalue weighted by Crippen LogP contribution is -2.06. The van der Waals surface area contributed by atoms with Crippen LogP contribution in [0.1, 0.15) is 11.1 Å². The predicted molar refractivity (Wildman–Crippen MR) is 101 cm³/mol. The summed E-state index contributed by atoms with van der Waals surface area (Å²) in [5.41, 5.74) is 2.23. The summed E-state index contributed by atoms with van der Waals surface area (Å²) in [7, 11) is -1.02. The van der Waals surface area contributed by atoms with Gasteiger partial charge in [0.2, 0.25) is 0 Å². The van der Waals surface area contributed by atoms with Gasteiger partial charge < -0.3 is 27.8 Å². The minimum atomic E-state index is -1.02. The molecule has 2 aromatic rings. The molecule has 0 aliphatic carbocycles. The van der Waals surface area contributed by atoms with Gasteiger partial charge in [-0.2, -0.15) is 0 Å². The highest BCUT2D eigenvalue weighted by Crippen LogP contribution is 2.17. The first kappa shape index (κ1) is 18.5. The van der Waals surface area contributed by atoms with Gasteiger partial charge in [-0.1, -0.05) is 24.3 Å². The summed E-state index contributed by atoms with van der Waals surface area (Å²) in [4.78, 5) is 0. The van der Waals surface area contributed by atoms with Crippen LogP contribution in [0.2, 0.25) is 0 Å². The van der Waals surface area contributed by atoms with Crippen molar-refractivity contribution in [3.63, 3.8) is 0 Å². The fourth-order valence-corrected chi connectivity index (χ4v) is 3.20. The maximum atomic E-state index is 5.70. The third-order valence-electron chi connectivity index (χ3n) is 4.23. The van der Waals surface area contributed by atoms with E-state index in [2.05, 4.69) is 0 Å². The van der Waals surface area contributed by atoms with E-state index in [-0.39, 0.29) is 12.2 Å². The van der Waals surface area contributed by atoms with Crippen LogP contribution in [0.5, 0.6) is 11.5 Å². The van der Waals surface area contributed by atoms with Gasteiger partial charge in [-0.05, 0) is 35.4 Å². The highest BCUT2D eigenvalue weighted by Gasteiger charge is 2.23. The van der Waals surface area contributed by atoms with Crippen molar-refractivity contribution in [2.75, 3.05) is 26.4 Å². The minimum Gasteiger partial charge on any atom is -0.491 e. The standard InChI is InChI=1S/C20H24O6Si/c1-5-17(21-11-19-13-23-19)6-2-15(1)9-25-27-26-10-16-3-7-18(8-4-16)22-12-20-14-24-20/h1-8,19-20H,9-14,27H2. The summed E-state index contributed by atoms with van der Waals surface area (Å²) in [6.07, 6.45) is 0.550. The van der Waals surface area contributed by atoms with Crippen LogP contribution >= 0.6 is 0 Å². The molecule has 144 valence electrons. The monoisotopic (exact) mass is 388 g/mol. The normalized spacial score (nSPS) is 20.7. The Bertz CT molecular complexity index is 636. The second-order valence-electron chi connectivity index (χ2n) is 6.64. The Kier molecular flexibility index (Phi) is 6.39. The second-order valence-corrected chi connectivity index (χ2v) is 7.69. The van der Waals surface area contributed by atoms with Gasteiger partial charge in [0, 0.05) is 0 Å². The molecule has 0 amide bonds. The first-order valence-electron chi connectivity index (χ1n) is 9.17. The summed E-state index contributed by atoms with van der Waals surface area (Å²) in [6.45, 7) is 3.99. The van der Waals surface area contributed by atoms with Crippen molar-refractivity contribution in [3.8, 4) is 11.5 Å². The highest BCUT2D eigenvalue weighted by molar-refractivity contribution is 6.17.